The number of hydrogen-bond acceptors (Lipinski definition) is 3. The fourth-order valence-electron chi connectivity index (χ4n) is 1.44. The van der Waals surface area contributed by atoms with Gasteiger partial charge >= 0.3 is 5.97 Å². The monoisotopic (exact) mass is 268 g/mol. The predicted molar refractivity (Wildman–Crippen MR) is 68.6 cm³/mol. The van der Waals surface area contributed by atoms with Crippen LogP contribution in [-0.4, -0.2) is 24.2 Å². The SMILES string of the molecule is Cc1ccc(C(NCCN=[N+]=[N-])C(=O)O)cc1Cl. The largest absolute Gasteiger partial charge is 0.480 e. The van der Waals surface area contributed by atoms with Crippen molar-refractivity contribution >= 4 is 17.6 Å². The van der Waals surface area contributed by atoms with Crippen LogP contribution in [0.5, 0.6) is 0 Å². The summed E-state index contributed by atoms with van der Waals surface area (Å²) in [6, 6.07) is 4.23. The van der Waals surface area contributed by atoms with Crippen LogP contribution in [0.2, 0.25) is 5.02 Å². The van der Waals surface area contributed by atoms with E-state index in [1.54, 1.807) is 18.2 Å². The van der Waals surface area contributed by atoms with E-state index < -0.39 is 12.0 Å². The van der Waals surface area contributed by atoms with Gasteiger partial charge in [-0.25, -0.2) is 0 Å². The van der Waals surface area contributed by atoms with Crippen LogP contribution < -0.4 is 5.32 Å². The first-order valence-electron chi connectivity index (χ1n) is 5.29. The van der Waals surface area contributed by atoms with Crippen molar-refractivity contribution in [2.45, 2.75) is 13.0 Å². The van der Waals surface area contributed by atoms with Crippen LogP contribution in [0.15, 0.2) is 23.3 Å². The minimum absolute atomic E-state index is 0.194. The van der Waals surface area contributed by atoms with Crippen LogP contribution in [0, 0.1) is 6.92 Å². The highest BCUT2D eigenvalue weighted by Crippen LogP contribution is 2.21. The number of azide groups is 1. The fourth-order valence-corrected chi connectivity index (χ4v) is 1.63. The van der Waals surface area contributed by atoms with Crippen molar-refractivity contribution in [2.75, 3.05) is 13.1 Å². The van der Waals surface area contributed by atoms with E-state index in [9.17, 15) is 4.79 Å². The third-order valence-electron chi connectivity index (χ3n) is 2.40. The molecule has 1 rings (SSSR count). The Morgan fingerprint density at radius 2 is 2.39 bits per heavy atom. The van der Waals surface area contributed by atoms with Crippen molar-refractivity contribution < 1.29 is 9.90 Å². The molecule has 0 heterocycles. The molecule has 0 saturated carbocycles. The number of carbonyl (C=O) groups is 1. The maximum Gasteiger partial charge on any atom is 0.325 e. The number of hydrogen-bond donors (Lipinski definition) is 2. The summed E-state index contributed by atoms with van der Waals surface area (Å²) in [7, 11) is 0. The van der Waals surface area contributed by atoms with E-state index in [2.05, 4.69) is 15.3 Å². The average molecular weight is 269 g/mol. The summed E-state index contributed by atoms with van der Waals surface area (Å²) in [6.45, 7) is 2.32. The first-order chi connectivity index (χ1) is 8.56. The van der Waals surface area contributed by atoms with Crippen LogP contribution in [0.25, 0.3) is 10.4 Å². The molecular formula is C11H13ClN4O2. The molecule has 0 amide bonds. The summed E-state index contributed by atoms with van der Waals surface area (Å²) in [5, 5.41) is 15.8. The molecule has 0 fully saturated rings. The van der Waals surface area contributed by atoms with Crippen molar-refractivity contribution in [2.24, 2.45) is 5.11 Å². The number of benzene rings is 1. The van der Waals surface area contributed by atoms with E-state index in [-0.39, 0.29) is 13.1 Å². The topological polar surface area (TPSA) is 98.1 Å². The van der Waals surface area contributed by atoms with Crippen LogP contribution in [0.4, 0.5) is 0 Å². The summed E-state index contributed by atoms with van der Waals surface area (Å²) < 4.78 is 0. The lowest BCUT2D eigenvalue weighted by atomic mass is 10.1. The van der Waals surface area contributed by atoms with Gasteiger partial charge in [0, 0.05) is 23.0 Å². The Morgan fingerprint density at radius 1 is 1.67 bits per heavy atom. The minimum Gasteiger partial charge on any atom is -0.480 e. The summed E-state index contributed by atoms with van der Waals surface area (Å²) in [5.74, 6) is -1.00. The van der Waals surface area contributed by atoms with E-state index in [1.807, 2.05) is 6.92 Å². The summed E-state index contributed by atoms with van der Waals surface area (Å²) in [6.07, 6.45) is 0. The third kappa shape index (κ3) is 3.92. The van der Waals surface area contributed by atoms with Crippen LogP contribution in [-0.2, 0) is 4.79 Å². The first-order valence-corrected chi connectivity index (χ1v) is 5.67. The summed E-state index contributed by atoms with van der Waals surface area (Å²) in [5.41, 5.74) is 9.58. The maximum atomic E-state index is 11.2. The summed E-state index contributed by atoms with van der Waals surface area (Å²) in [4.78, 5) is 13.7. The highest BCUT2D eigenvalue weighted by atomic mass is 35.5. The molecule has 7 heteroatoms. The molecule has 1 atom stereocenters. The normalized spacial score (nSPS) is 11.7. The highest BCUT2D eigenvalue weighted by molar-refractivity contribution is 6.31. The molecule has 96 valence electrons. The highest BCUT2D eigenvalue weighted by Gasteiger charge is 2.19. The van der Waals surface area contributed by atoms with Gasteiger partial charge in [0.1, 0.15) is 6.04 Å². The van der Waals surface area contributed by atoms with Gasteiger partial charge in [-0.3, -0.25) is 4.79 Å². The zero-order valence-corrected chi connectivity index (χ0v) is 10.6. The second kappa shape index (κ2) is 6.86. The molecule has 1 unspecified atom stereocenters. The molecule has 0 aliphatic carbocycles. The lowest BCUT2D eigenvalue weighted by Gasteiger charge is -2.15. The van der Waals surface area contributed by atoms with Gasteiger partial charge in [-0.2, -0.15) is 0 Å². The van der Waals surface area contributed by atoms with Crippen molar-refractivity contribution in [3.05, 3.63) is 44.8 Å². The zero-order chi connectivity index (χ0) is 13.5. The Balaban J connectivity index is 2.80. The zero-order valence-electron chi connectivity index (χ0n) is 9.80. The van der Waals surface area contributed by atoms with Crippen LogP contribution in [0.1, 0.15) is 17.2 Å². The van der Waals surface area contributed by atoms with Crippen LogP contribution >= 0.6 is 11.6 Å². The minimum atomic E-state index is -1.00. The fraction of sp³-hybridized carbons (Fsp3) is 0.364. The molecule has 0 aliphatic rings. The van der Waals surface area contributed by atoms with Crippen molar-refractivity contribution in [1.82, 2.24) is 5.32 Å². The average Bonchev–Trinajstić information content (AvgIpc) is 2.32. The van der Waals surface area contributed by atoms with E-state index in [1.165, 1.54) is 0 Å². The van der Waals surface area contributed by atoms with Gasteiger partial charge in [0.15, 0.2) is 0 Å². The number of carboxylic acids is 1. The number of nitrogens with zero attached hydrogens (tertiary/aromatic N) is 3. The van der Waals surface area contributed by atoms with Crippen molar-refractivity contribution in [3.63, 3.8) is 0 Å². The molecular weight excluding hydrogens is 256 g/mol. The smallest absolute Gasteiger partial charge is 0.325 e. The first kappa shape index (κ1) is 14.3. The molecule has 0 aliphatic heterocycles. The number of halogens is 1. The second-order valence-electron chi connectivity index (χ2n) is 3.69. The third-order valence-corrected chi connectivity index (χ3v) is 2.81. The Labute approximate surface area is 109 Å². The standard InChI is InChI=1S/C11H13ClN4O2/c1-7-2-3-8(6-9(7)12)10(11(17)18)14-4-5-15-16-13/h2-3,6,10,14H,4-5H2,1H3,(H,17,18). The number of rotatable bonds is 6. The maximum absolute atomic E-state index is 11.2. The van der Waals surface area contributed by atoms with Crippen molar-refractivity contribution in [3.8, 4) is 0 Å². The van der Waals surface area contributed by atoms with E-state index in [0.29, 0.717) is 10.6 Å². The van der Waals surface area contributed by atoms with Gasteiger partial charge in [-0.15, -0.1) is 0 Å². The number of aliphatic carboxylic acids is 1. The van der Waals surface area contributed by atoms with Crippen molar-refractivity contribution in [1.29, 1.82) is 0 Å². The molecule has 0 spiro atoms. The molecule has 0 aromatic heterocycles. The number of carboxylic acid groups (broad SMARTS) is 1. The van der Waals surface area contributed by atoms with E-state index in [0.717, 1.165) is 5.56 Å². The lowest BCUT2D eigenvalue weighted by Crippen LogP contribution is -2.30. The molecule has 6 nitrogen and oxygen atoms in total. The molecule has 1 aromatic rings. The van der Waals surface area contributed by atoms with E-state index in [4.69, 9.17) is 22.2 Å². The van der Waals surface area contributed by atoms with Gasteiger partial charge in [-0.1, -0.05) is 28.8 Å². The Bertz CT molecular complexity index is 486. The Morgan fingerprint density at radius 3 is 2.94 bits per heavy atom. The number of aryl methyl sites for hydroxylation is 1. The van der Waals surface area contributed by atoms with Gasteiger partial charge in [0.25, 0.3) is 0 Å². The Kier molecular flexibility index (Phi) is 5.45. The lowest BCUT2D eigenvalue weighted by molar-refractivity contribution is -0.139. The number of nitrogens with one attached hydrogen (secondary N) is 1. The van der Waals surface area contributed by atoms with Gasteiger partial charge in [0.2, 0.25) is 0 Å². The van der Waals surface area contributed by atoms with Gasteiger partial charge in [0.05, 0.1) is 0 Å². The predicted octanol–water partition coefficient (Wildman–Crippen LogP) is 2.67. The molecule has 0 radical (unpaired) electrons. The molecule has 1 aromatic carbocycles. The Hall–Kier alpha value is -1.75. The van der Waals surface area contributed by atoms with Gasteiger partial charge in [-0.05, 0) is 29.6 Å². The van der Waals surface area contributed by atoms with Crippen LogP contribution in [0.3, 0.4) is 0 Å². The quantitative estimate of drug-likeness (QED) is 0.359. The molecule has 18 heavy (non-hydrogen) atoms. The molecule has 0 bridgehead atoms. The molecule has 2 N–H and O–H groups in total. The molecule has 0 saturated heterocycles. The second-order valence-corrected chi connectivity index (χ2v) is 4.10. The summed E-state index contributed by atoms with van der Waals surface area (Å²) >= 11 is 5.96. The van der Waals surface area contributed by atoms with E-state index >= 15 is 0 Å². The van der Waals surface area contributed by atoms with Gasteiger partial charge < -0.3 is 10.4 Å².